The van der Waals surface area contributed by atoms with Crippen LogP contribution < -0.4 is 0 Å². The highest BCUT2D eigenvalue weighted by Crippen LogP contribution is 2.20. The fourth-order valence-corrected chi connectivity index (χ4v) is 3.71. The SMILES string of the molecule is c1cn(CCCN2CCCC[C@@H]2CCN2CCOCC2)cn1. The first-order valence-corrected chi connectivity index (χ1v) is 8.92. The van der Waals surface area contributed by atoms with Gasteiger partial charge in [-0.1, -0.05) is 6.42 Å². The van der Waals surface area contributed by atoms with Gasteiger partial charge in [0.1, 0.15) is 0 Å². The molecule has 3 rings (SSSR count). The van der Waals surface area contributed by atoms with E-state index in [1.807, 2.05) is 12.5 Å². The molecule has 2 aliphatic rings. The number of ether oxygens (including phenoxy) is 1. The molecule has 0 aliphatic carbocycles. The molecule has 0 unspecified atom stereocenters. The van der Waals surface area contributed by atoms with Gasteiger partial charge in [-0.15, -0.1) is 0 Å². The van der Waals surface area contributed by atoms with Crippen LogP contribution in [0.1, 0.15) is 32.1 Å². The molecule has 5 nitrogen and oxygen atoms in total. The molecule has 0 N–H and O–H groups in total. The van der Waals surface area contributed by atoms with Crippen molar-refractivity contribution in [1.82, 2.24) is 19.4 Å². The Morgan fingerprint density at radius 1 is 1.05 bits per heavy atom. The van der Waals surface area contributed by atoms with Gasteiger partial charge >= 0.3 is 0 Å². The average Bonchev–Trinajstić information content (AvgIpc) is 3.08. The van der Waals surface area contributed by atoms with E-state index in [1.165, 1.54) is 51.7 Å². The minimum atomic E-state index is 0.791. The molecule has 2 saturated heterocycles. The lowest BCUT2D eigenvalue weighted by Crippen LogP contribution is -2.44. The first kappa shape index (κ1) is 16.0. The van der Waals surface area contributed by atoms with Crippen LogP contribution in [0.3, 0.4) is 0 Å². The van der Waals surface area contributed by atoms with Crippen LogP contribution in [0.4, 0.5) is 0 Å². The Labute approximate surface area is 134 Å². The highest BCUT2D eigenvalue weighted by molar-refractivity contribution is 4.79. The molecule has 1 aromatic rings. The van der Waals surface area contributed by atoms with Crippen molar-refractivity contribution >= 4 is 0 Å². The summed E-state index contributed by atoms with van der Waals surface area (Å²) in [5.41, 5.74) is 0. The van der Waals surface area contributed by atoms with E-state index in [9.17, 15) is 0 Å². The summed E-state index contributed by atoms with van der Waals surface area (Å²) < 4.78 is 7.63. The molecule has 0 bridgehead atoms. The van der Waals surface area contributed by atoms with Gasteiger partial charge in [0.2, 0.25) is 0 Å². The third-order valence-electron chi connectivity index (χ3n) is 5.05. The van der Waals surface area contributed by atoms with Crippen molar-refractivity contribution in [1.29, 1.82) is 0 Å². The van der Waals surface area contributed by atoms with E-state index in [-0.39, 0.29) is 0 Å². The van der Waals surface area contributed by atoms with Gasteiger partial charge in [0, 0.05) is 44.6 Å². The molecule has 3 heterocycles. The van der Waals surface area contributed by atoms with Gasteiger partial charge < -0.3 is 14.2 Å². The largest absolute Gasteiger partial charge is 0.379 e. The predicted molar refractivity (Wildman–Crippen MR) is 87.9 cm³/mol. The Morgan fingerprint density at radius 3 is 2.77 bits per heavy atom. The van der Waals surface area contributed by atoms with Crippen molar-refractivity contribution in [2.75, 3.05) is 45.9 Å². The van der Waals surface area contributed by atoms with E-state index in [0.717, 1.165) is 38.9 Å². The Kier molecular flexibility index (Phi) is 6.28. The van der Waals surface area contributed by atoms with Crippen molar-refractivity contribution < 1.29 is 4.74 Å². The molecule has 2 fully saturated rings. The molecular formula is C17H30N4O. The minimum absolute atomic E-state index is 0.791. The Bertz CT molecular complexity index is 403. The number of hydrogen-bond donors (Lipinski definition) is 0. The van der Waals surface area contributed by atoms with Crippen molar-refractivity contribution in [3.05, 3.63) is 18.7 Å². The third kappa shape index (κ3) is 4.80. The molecule has 1 aromatic heterocycles. The molecule has 2 aliphatic heterocycles. The molecule has 0 amide bonds. The second kappa shape index (κ2) is 8.65. The zero-order chi connectivity index (χ0) is 15.0. The van der Waals surface area contributed by atoms with Gasteiger partial charge in [0.05, 0.1) is 19.5 Å². The van der Waals surface area contributed by atoms with Crippen LogP contribution in [0.25, 0.3) is 0 Å². The van der Waals surface area contributed by atoms with Crippen molar-refractivity contribution in [3.63, 3.8) is 0 Å². The van der Waals surface area contributed by atoms with Crippen LogP contribution in [0.2, 0.25) is 0 Å². The maximum atomic E-state index is 5.44. The van der Waals surface area contributed by atoms with E-state index in [0.29, 0.717) is 0 Å². The Morgan fingerprint density at radius 2 is 1.95 bits per heavy atom. The van der Waals surface area contributed by atoms with Gasteiger partial charge in [-0.2, -0.15) is 0 Å². The Hall–Kier alpha value is -0.910. The van der Waals surface area contributed by atoms with Crippen molar-refractivity contribution in [2.45, 2.75) is 44.7 Å². The number of aryl methyl sites for hydroxylation is 1. The van der Waals surface area contributed by atoms with Crippen LogP contribution >= 0.6 is 0 Å². The van der Waals surface area contributed by atoms with E-state index in [2.05, 4.69) is 25.5 Å². The number of piperidine rings is 1. The first-order valence-electron chi connectivity index (χ1n) is 8.92. The maximum absolute atomic E-state index is 5.44. The molecule has 0 aromatic carbocycles. The zero-order valence-electron chi connectivity index (χ0n) is 13.7. The second-order valence-corrected chi connectivity index (χ2v) is 6.58. The number of likely N-dealkylation sites (tertiary alicyclic amines) is 1. The average molecular weight is 306 g/mol. The summed E-state index contributed by atoms with van der Waals surface area (Å²) in [6.45, 7) is 8.92. The standard InChI is InChI=1S/C17H30N4O/c1-2-8-21(9-3-7-20-11-6-18-16-20)17(4-1)5-10-19-12-14-22-15-13-19/h6,11,16-17H,1-5,7-10,12-15H2/t17-/m1/s1. The minimum Gasteiger partial charge on any atom is -0.379 e. The van der Waals surface area contributed by atoms with Gasteiger partial charge in [0.25, 0.3) is 0 Å². The second-order valence-electron chi connectivity index (χ2n) is 6.58. The van der Waals surface area contributed by atoms with Crippen molar-refractivity contribution in [2.24, 2.45) is 0 Å². The smallest absolute Gasteiger partial charge is 0.0945 e. The molecule has 0 spiro atoms. The van der Waals surface area contributed by atoms with Gasteiger partial charge in [-0.25, -0.2) is 4.98 Å². The monoisotopic (exact) mass is 306 g/mol. The van der Waals surface area contributed by atoms with Gasteiger partial charge in [-0.05, 0) is 38.8 Å². The number of nitrogens with zero attached hydrogens (tertiary/aromatic N) is 4. The van der Waals surface area contributed by atoms with Crippen LogP contribution in [0, 0.1) is 0 Å². The van der Waals surface area contributed by atoms with Crippen molar-refractivity contribution in [3.8, 4) is 0 Å². The Balaban J connectivity index is 1.39. The lowest BCUT2D eigenvalue weighted by atomic mass is 9.98. The summed E-state index contributed by atoms with van der Waals surface area (Å²) >= 11 is 0. The van der Waals surface area contributed by atoms with E-state index < -0.39 is 0 Å². The summed E-state index contributed by atoms with van der Waals surface area (Å²) in [4.78, 5) is 9.43. The summed E-state index contributed by atoms with van der Waals surface area (Å²) in [7, 11) is 0. The lowest BCUT2D eigenvalue weighted by molar-refractivity contribution is 0.0306. The summed E-state index contributed by atoms with van der Waals surface area (Å²) in [6.07, 6.45) is 12.6. The summed E-state index contributed by atoms with van der Waals surface area (Å²) in [6, 6.07) is 0.791. The van der Waals surface area contributed by atoms with Crippen LogP contribution in [-0.4, -0.2) is 71.3 Å². The van der Waals surface area contributed by atoms with E-state index in [1.54, 1.807) is 0 Å². The highest BCUT2D eigenvalue weighted by atomic mass is 16.5. The molecule has 22 heavy (non-hydrogen) atoms. The summed E-state index contributed by atoms with van der Waals surface area (Å²) in [5.74, 6) is 0. The van der Waals surface area contributed by atoms with E-state index in [4.69, 9.17) is 4.74 Å². The van der Waals surface area contributed by atoms with Crippen LogP contribution in [0.15, 0.2) is 18.7 Å². The topological polar surface area (TPSA) is 33.5 Å². The zero-order valence-corrected chi connectivity index (χ0v) is 13.7. The molecule has 0 radical (unpaired) electrons. The molecule has 5 heteroatoms. The maximum Gasteiger partial charge on any atom is 0.0945 e. The van der Waals surface area contributed by atoms with Gasteiger partial charge in [-0.3, -0.25) is 4.90 Å². The quantitative estimate of drug-likeness (QED) is 0.770. The van der Waals surface area contributed by atoms with Crippen LogP contribution in [0.5, 0.6) is 0 Å². The van der Waals surface area contributed by atoms with E-state index >= 15 is 0 Å². The predicted octanol–water partition coefficient (Wildman–Crippen LogP) is 1.85. The fraction of sp³-hybridized carbons (Fsp3) is 0.824. The summed E-state index contributed by atoms with van der Waals surface area (Å²) in [5, 5.41) is 0. The number of aromatic nitrogens is 2. The number of hydrogen-bond acceptors (Lipinski definition) is 4. The first-order chi connectivity index (χ1) is 10.9. The molecule has 1 atom stereocenters. The number of morpholine rings is 1. The number of imidazole rings is 1. The highest BCUT2D eigenvalue weighted by Gasteiger charge is 2.22. The molecule has 124 valence electrons. The number of rotatable bonds is 7. The fourth-order valence-electron chi connectivity index (χ4n) is 3.71. The lowest BCUT2D eigenvalue weighted by Gasteiger charge is -2.37. The van der Waals surface area contributed by atoms with Gasteiger partial charge in [0.15, 0.2) is 0 Å². The van der Waals surface area contributed by atoms with Crippen LogP contribution in [-0.2, 0) is 11.3 Å². The third-order valence-corrected chi connectivity index (χ3v) is 5.05. The molecular weight excluding hydrogens is 276 g/mol. The molecule has 0 saturated carbocycles. The normalized spacial score (nSPS) is 24.6.